The second kappa shape index (κ2) is 6.36. The smallest absolute Gasteiger partial charge is 0.0991 e. The lowest BCUT2D eigenvalue weighted by Crippen LogP contribution is -2.47. The molecule has 1 saturated carbocycles. The molecule has 4 nitrogen and oxygen atoms in total. The van der Waals surface area contributed by atoms with Gasteiger partial charge >= 0.3 is 0 Å². The van der Waals surface area contributed by atoms with Crippen molar-refractivity contribution in [2.75, 3.05) is 26.2 Å². The van der Waals surface area contributed by atoms with E-state index in [0.29, 0.717) is 11.7 Å². The molecule has 1 aliphatic carbocycles. The van der Waals surface area contributed by atoms with Crippen LogP contribution in [0.1, 0.15) is 24.0 Å². The van der Waals surface area contributed by atoms with E-state index in [1.165, 1.54) is 18.4 Å². The number of rotatable bonds is 5. The summed E-state index contributed by atoms with van der Waals surface area (Å²) in [7, 11) is 0. The molecule has 1 N–H and O–H groups in total. The summed E-state index contributed by atoms with van der Waals surface area (Å²) in [6.07, 6.45) is 3.04. The van der Waals surface area contributed by atoms with Crippen LogP contribution in [-0.4, -0.2) is 43.3 Å². The van der Waals surface area contributed by atoms with Gasteiger partial charge < -0.3 is 10.1 Å². The zero-order valence-corrected chi connectivity index (χ0v) is 11.7. The minimum absolute atomic E-state index is 0.308. The Morgan fingerprint density at radius 3 is 2.80 bits per heavy atom. The Bertz CT molecular complexity index is 475. The topological polar surface area (TPSA) is 48.3 Å². The van der Waals surface area contributed by atoms with Crippen LogP contribution in [0.5, 0.6) is 0 Å². The number of hydrogen-bond donors (Lipinski definition) is 1. The molecular formula is C16H21N3O. The Hall–Kier alpha value is -1.41. The molecular weight excluding hydrogens is 250 g/mol. The predicted octanol–water partition coefficient (Wildman–Crippen LogP) is 1.51. The summed E-state index contributed by atoms with van der Waals surface area (Å²) in [6.45, 7) is 4.74. The van der Waals surface area contributed by atoms with Gasteiger partial charge in [-0.15, -0.1) is 0 Å². The third-order valence-corrected chi connectivity index (χ3v) is 4.02. The van der Waals surface area contributed by atoms with Crippen LogP contribution in [0.15, 0.2) is 24.3 Å². The minimum atomic E-state index is 0.308. The average molecular weight is 271 g/mol. The highest BCUT2D eigenvalue weighted by Crippen LogP contribution is 2.28. The second-order valence-electron chi connectivity index (χ2n) is 5.66. The van der Waals surface area contributed by atoms with E-state index >= 15 is 0 Å². The molecule has 2 aliphatic rings. The van der Waals surface area contributed by atoms with Gasteiger partial charge in [-0.2, -0.15) is 5.26 Å². The van der Waals surface area contributed by atoms with Crippen molar-refractivity contribution in [3.63, 3.8) is 0 Å². The molecule has 1 saturated heterocycles. The van der Waals surface area contributed by atoms with Crippen molar-refractivity contribution in [2.45, 2.75) is 31.5 Å². The Balaban J connectivity index is 1.41. The molecule has 1 atom stereocenters. The van der Waals surface area contributed by atoms with Crippen LogP contribution in [0.25, 0.3) is 0 Å². The third-order valence-electron chi connectivity index (χ3n) is 4.02. The van der Waals surface area contributed by atoms with Gasteiger partial charge in [0.2, 0.25) is 0 Å². The van der Waals surface area contributed by atoms with Crippen LogP contribution < -0.4 is 5.32 Å². The Morgan fingerprint density at radius 2 is 2.10 bits per heavy atom. The quantitative estimate of drug-likeness (QED) is 0.882. The molecule has 0 radical (unpaired) electrons. The molecule has 4 heteroatoms. The highest BCUT2D eigenvalue weighted by Gasteiger charge is 2.32. The monoisotopic (exact) mass is 271 g/mol. The maximum absolute atomic E-state index is 8.76. The van der Waals surface area contributed by atoms with Gasteiger partial charge in [0.25, 0.3) is 0 Å². The maximum Gasteiger partial charge on any atom is 0.0991 e. The summed E-state index contributed by atoms with van der Waals surface area (Å²) < 4.78 is 5.81. The fraction of sp³-hybridized carbons (Fsp3) is 0.562. The number of nitrogens with one attached hydrogen (secondary N) is 1. The number of nitriles is 1. The third kappa shape index (κ3) is 3.57. The van der Waals surface area contributed by atoms with Gasteiger partial charge in [0, 0.05) is 32.2 Å². The van der Waals surface area contributed by atoms with E-state index in [-0.39, 0.29) is 0 Å². The Labute approximate surface area is 120 Å². The van der Waals surface area contributed by atoms with Crippen molar-refractivity contribution in [1.29, 1.82) is 5.26 Å². The Kier molecular flexibility index (Phi) is 4.31. The fourth-order valence-corrected chi connectivity index (χ4v) is 2.71. The van der Waals surface area contributed by atoms with Gasteiger partial charge in [0.1, 0.15) is 0 Å². The van der Waals surface area contributed by atoms with Gasteiger partial charge in [-0.25, -0.2) is 0 Å². The number of morpholine rings is 1. The summed E-state index contributed by atoms with van der Waals surface area (Å²) in [6, 6.07) is 10.7. The first-order valence-corrected chi connectivity index (χ1v) is 7.40. The van der Waals surface area contributed by atoms with Gasteiger partial charge in [-0.1, -0.05) is 12.1 Å². The molecule has 1 heterocycles. The van der Waals surface area contributed by atoms with E-state index in [1.807, 2.05) is 24.3 Å². The van der Waals surface area contributed by atoms with Crippen molar-refractivity contribution in [2.24, 2.45) is 0 Å². The normalized spacial score (nSPS) is 23.4. The highest BCUT2D eigenvalue weighted by molar-refractivity contribution is 5.31. The number of benzene rings is 1. The molecule has 0 bridgehead atoms. The lowest BCUT2D eigenvalue weighted by Gasteiger charge is -2.33. The lowest BCUT2D eigenvalue weighted by molar-refractivity contribution is -0.0301. The van der Waals surface area contributed by atoms with Crippen molar-refractivity contribution < 1.29 is 4.74 Å². The van der Waals surface area contributed by atoms with E-state index in [9.17, 15) is 0 Å². The van der Waals surface area contributed by atoms with Gasteiger partial charge in [0.15, 0.2) is 0 Å². The second-order valence-corrected chi connectivity index (χ2v) is 5.66. The first-order chi connectivity index (χ1) is 9.85. The van der Waals surface area contributed by atoms with Crippen LogP contribution in [0.4, 0.5) is 0 Å². The minimum Gasteiger partial charge on any atom is -0.374 e. The lowest BCUT2D eigenvalue weighted by atomic mass is 10.1. The van der Waals surface area contributed by atoms with E-state index in [4.69, 9.17) is 10.00 Å². The Morgan fingerprint density at radius 1 is 1.30 bits per heavy atom. The molecule has 0 aromatic heterocycles. The highest BCUT2D eigenvalue weighted by atomic mass is 16.5. The van der Waals surface area contributed by atoms with E-state index in [2.05, 4.69) is 16.3 Å². The van der Waals surface area contributed by atoms with Crippen LogP contribution >= 0.6 is 0 Å². The zero-order valence-electron chi connectivity index (χ0n) is 11.7. The van der Waals surface area contributed by atoms with E-state index in [0.717, 1.165) is 38.8 Å². The molecule has 1 aliphatic heterocycles. The van der Waals surface area contributed by atoms with Crippen molar-refractivity contribution >= 4 is 0 Å². The van der Waals surface area contributed by atoms with E-state index in [1.54, 1.807) is 0 Å². The molecule has 1 aromatic carbocycles. The molecule has 0 amide bonds. The van der Waals surface area contributed by atoms with Gasteiger partial charge in [0.05, 0.1) is 24.3 Å². The molecule has 2 fully saturated rings. The molecule has 1 aromatic rings. The predicted molar refractivity (Wildman–Crippen MR) is 77.2 cm³/mol. The van der Waals surface area contributed by atoms with Crippen LogP contribution in [0, 0.1) is 11.3 Å². The molecule has 0 spiro atoms. The number of ether oxygens (including phenoxy) is 1. The van der Waals surface area contributed by atoms with Gasteiger partial charge in [-0.3, -0.25) is 4.90 Å². The van der Waals surface area contributed by atoms with E-state index < -0.39 is 0 Å². The molecule has 20 heavy (non-hydrogen) atoms. The average Bonchev–Trinajstić information content (AvgIpc) is 3.33. The largest absolute Gasteiger partial charge is 0.374 e. The standard InChI is InChI=1S/C16H21N3O/c17-9-13-1-3-14(4-2-13)10-18-11-16-12-19(7-8-20-16)15-5-6-15/h1-4,15-16,18H,5-8,10-12H2/t16-/m0/s1. The molecule has 106 valence electrons. The molecule has 0 unspecified atom stereocenters. The maximum atomic E-state index is 8.76. The fourth-order valence-electron chi connectivity index (χ4n) is 2.71. The first kappa shape index (κ1) is 13.6. The van der Waals surface area contributed by atoms with Crippen LogP contribution in [0.2, 0.25) is 0 Å². The zero-order chi connectivity index (χ0) is 13.8. The summed E-state index contributed by atoms with van der Waals surface area (Å²) in [4.78, 5) is 2.57. The summed E-state index contributed by atoms with van der Waals surface area (Å²) >= 11 is 0. The van der Waals surface area contributed by atoms with Gasteiger partial charge in [-0.05, 0) is 30.5 Å². The van der Waals surface area contributed by atoms with Crippen molar-refractivity contribution in [1.82, 2.24) is 10.2 Å². The van der Waals surface area contributed by atoms with Crippen LogP contribution in [0.3, 0.4) is 0 Å². The number of hydrogen-bond acceptors (Lipinski definition) is 4. The van der Waals surface area contributed by atoms with Crippen molar-refractivity contribution in [3.8, 4) is 6.07 Å². The number of nitrogens with zero attached hydrogens (tertiary/aromatic N) is 2. The summed E-state index contributed by atoms with van der Waals surface area (Å²) in [5.41, 5.74) is 1.92. The summed E-state index contributed by atoms with van der Waals surface area (Å²) in [5.74, 6) is 0. The summed E-state index contributed by atoms with van der Waals surface area (Å²) in [5, 5.41) is 12.2. The molecule has 3 rings (SSSR count). The van der Waals surface area contributed by atoms with Crippen LogP contribution in [-0.2, 0) is 11.3 Å². The van der Waals surface area contributed by atoms with Crippen molar-refractivity contribution in [3.05, 3.63) is 35.4 Å². The SMILES string of the molecule is N#Cc1ccc(CNC[C@H]2CN(C3CC3)CCO2)cc1. The first-order valence-electron chi connectivity index (χ1n) is 7.40.